The molecule has 1 saturated heterocycles. The number of carbonyl (C=O) groups is 1. The van der Waals surface area contributed by atoms with Crippen LogP contribution >= 0.6 is 0 Å². The summed E-state index contributed by atoms with van der Waals surface area (Å²) in [6.07, 6.45) is 8.77. The summed E-state index contributed by atoms with van der Waals surface area (Å²) in [5.41, 5.74) is 0.583. The summed E-state index contributed by atoms with van der Waals surface area (Å²) in [5, 5.41) is 0. The molecule has 5 nitrogen and oxygen atoms in total. The number of aromatic nitrogens is 1. The lowest BCUT2D eigenvalue weighted by Gasteiger charge is -2.38. The first-order chi connectivity index (χ1) is 11.8. The number of carbonyl (C=O) groups excluding carboxylic acids is 1. The Morgan fingerprint density at radius 3 is 2.67 bits per heavy atom. The quantitative estimate of drug-likeness (QED) is 0.776. The van der Waals surface area contributed by atoms with E-state index in [-0.39, 0.29) is 5.97 Å². The molecule has 0 unspecified atom stereocenters. The molecular weight excluding hydrogens is 302 g/mol. The Hall–Kier alpha value is -1.62. The number of hydrogen-bond acceptors (Lipinski definition) is 5. The van der Waals surface area contributed by atoms with Gasteiger partial charge in [-0.05, 0) is 37.8 Å². The highest BCUT2D eigenvalue weighted by molar-refractivity contribution is 5.94. The van der Waals surface area contributed by atoms with Gasteiger partial charge in [-0.15, -0.1) is 0 Å². The van der Waals surface area contributed by atoms with E-state index in [0.29, 0.717) is 12.2 Å². The number of nitrogens with zero attached hydrogens (tertiary/aromatic N) is 3. The topological polar surface area (TPSA) is 45.7 Å². The standard InChI is InChI=1S/C19H29N3O2/c1-2-24-19(23)17-9-6-10-20-18(17)22-13-11-21(12-14-22)15-16-7-4-3-5-8-16/h6,9-10,16H,2-5,7-8,11-15H2,1H3. The Labute approximate surface area is 145 Å². The average molecular weight is 331 g/mol. The van der Waals surface area contributed by atoms with Gasteiger partial charge in [-0.25, -0.2) is 9.78 Å². The van der Waals surface area contributed by atoms with Gasteiger partial charge in [0.2, 0.25) is 0 Å². The Morgan fingerprint density at radius 1 is 1.21 bits per heavy atom. The largest absolute Gasteiger partial charge is 0.462 e. The first-order valence-corrected chi connectivity index (χ1v) is 9.37. The minimum atomic E-state index is -0.273. The maximum atomic E-state index is 12.1. The molecule has 1 aliphatic heterocycles. The monoisotopic (exact) mass is 331 g/mol. The highest BCUT2D eigenvalue weighted by Crippen LogP contribution is 2.25. The summed E-state index contributed by atoms with van der Waals surface area (Å²) in [5.74, 6) is 1.38. The molecule has 1 aliphatic carbocycles. The second-order valence-corrected chi connectivity index (χ2v) is 6.89. The lowest BCUT2D eigenvalue weighted by molar-refractivity contribution is 0.0526. The van der Waals surface area contributed by atoms with Gasteiger partial charge >= 0.3 is 5.97 Å². The van der Waals surface area contributed by atoms with Crippen molar-refractivity contribution in [1.82, 2.24) is 9.88 Å². The van der Waals surface area contributed by atoms with Crippen molar-refractivity contribution in [3.8, 4) is 0 Å². The van der Waals surface area contributed by atoms with Gasteiger partial charge in [0.05, 0.1) is 6.61 Å². The molecule has 132 valence electrons. The Balaban J connectivity index is 1.57. The Morgan fingerprint density at radius 2 is 1.96 bits per heavy atom. The van der Waals surface area contributed by atoms with Crippen molar-refractivity contribution in [3.63, 3.8) is 0 Å². The summed E-state index contributed by atoms with van der Waals surface area (Å²) in [4.78, 5) is 21.4. The zero-order valence-corrected chi connectivity index (χ0v) is 14.7. The van der Waals surface area contributed by atoms with Crippen LogP contribution in [0.4, 0.5) is 5.82 Å². The van der Waals surface area contributed by atoms with Crippen molar-refractivity contribution in [2.24, 2.45) is 5.92 Å². The maximum Gasteiger partial charge on any atom is 0.341 e. The Bertz CT molecular complexity index is 535. The summed E-state index contributed by atoms with van der Waals surface area (Å²) in [6, 6.07) is 3.61. The normalized spacial score (nSPS) is 20.1. The maximum absolute atomic E-state index is 12.1. The predicted molar refractivity (Wildman–Crippen MR) is 95.4 cm³/mol. The molecule has 2 heterocycles. The molecule has 1 saturated carbocycles. The highest BCUT2D eigenvalue weighted by Gasteiger charge is 2.25. The van der Waals surface area contributed by atoms with E-state index < -0.39 is 0 Å². The highest BCUT2D eigenvalue weighted by atomic mass is 16.5. The lowest BCUT2D eigenvalue weighted by Crippen LogP contribution is -2.48. The lowest BCUT2D eigenvalue weighted by atomic mass is 9.89. The number of esters is 1. The van der Waals surface area contributed by atoms with Crippen LogP contribution in [-0.4, -0.2) is 55.2 Å². The summed E-state index contributed by atoms with van der Waals surface area (Å²) in [6.45, 7) is 7.41. The van der Waals surface area contributed by atoms with Gasteiger partial charge in [-0.2, -0.15) is 0 Å². The van der Waals surface area contributed by atoms with E-state index >= 15 is 0 Å². The van der Waals surface area contributed by atoms with Crippen molar-refractivity contribution < 1.29 is 9.53 Å². The molecule has 0 N–H and O–H groups in total. The third-order valence-electron chi connectivity index (χ3n) is 5.19. The van der Waals surface area contributed by atoms with Crippen LogP contribution in [0.1, 0.15) is 49.4 Å². The number of anilines is 1. The molecule has 1 aromatic heterocycles. The van der Waals surface area contributed by atoms with Gasteiger partial charge in [0.25, 0.3) is 0 Å². The SMILES string of the molecule is CCOC(=O)c1cccnc1N1CCN(CC2CCCCC2)CC1. The molecule has 0 bridgehead atoms. The molecule has 0 amide bonds. The van der Waals surface area contributed by atoms with Crippen molar-refractivity contribution >= 4 is 11.8 Å². The van der Waals surface area contributed by atoms with Gasteiger partial charge in [-0.3, -0.25) is 4.90 Å². The zero-order chi connectivity index (χ0) is 16.8. The molecule has 2 aliphatic rings. The average Bonchev–Trinajstić information content (AvgIpc) is 2.63. The van der Waals surface area contributed by atoms with Crippen molar-refractivity contribution in [2.75, 3.05) is 44.2 Å². The van der Waals surface area contributed by atoms with Crippen molar-refractivity contribution in [3.05, 3.63) is 23.9 Å². The molecule has 0 radical (unpaired) electrons. The van der Waals surface area contributed by atoms with Crippen LogP contribution in [0.2, 0.25) is 0 Å². The van der Waals surface area contributed by atoms with Crippen molar-refractivity contribution in [1.29, 1.82) is 0 Å². The molecule has 24 heavy (non-hydrogen) atoms. The fourth-order valence-corrected chi connectivity index (χ4v) is 3.89. The van der Waals surface area contributed by atoms with Crippen LogP contribution in [0.15, 0.2) is 18.3 Å². The van der Waals surface area contributed by atoms with Crippen LogP contribution < -0.4 is 4.90 Å². The second kappa shape index (κ2) is 8.47. The van der Waals surface area contributed by atoms with E-state index in [9.17, 15) is 4.79 Å². The number of piperazine rings is 1. The summed E-state index contributed by atoms with van der Waals surface area (Å²) < 4.78 is 5.17. The minimum Gasteiger partial charge on any atom is -0.462 e. The molecule has 5 heteroatoms. The van der Waals surface area contributed by atoms with Crippen LogP contribution in [0.25, 0.3) is 0 Å². The predicted octanol–water partition coefficient (Wildman–Crippen LogP) is 2.96. The molecule has 0 aromatic carbocycles. The summed E-state index contributed by atoms with van der Waals surface area (Å²) in [7, 11) is 0. The number of pyridine rings is 1. The van der Waals surface area contributed by atoms with Gasteiger partial charge in [0.1, 0.15) is 11.4 Å². The molecule has 2 fully saturated rings. The van der Waals surface area contributed by atoms with E-state index in [1.807, 2.05) is 13.0 Å². The van der Waals surface area contributed by atoms with Gasteiger partial charge in [-0.1, -0.05) is 19.3 Å². The van der Waals surface area contributed by atoms with E-state index in [1.165, 1.54) is 38.6 Å². The first kappa shape index (κ1) is 17.2. The Kier molecular flexibility index (Phi) is 6.07. The fourth-order valence-electron chi connectivity index (χ4n) is 3.89. The third kappa shape index (κ3) is 4.26. The van der Waals surface area contributed by atoms with E-state index in [2.05, 4.69) is 14.8 Å². The molecule has 0 spiro atoms. The van der Waals surface area contributed by atoms with Crippen molar-refractivity contribution in [2.45, 2.75) is 39.0 Å². The summed E-state index contributed by atoms with van der Waals surface area (Å²) >= 11 is 0. The molecular formula is C19H29N3O2. The third-order valence-corrected chi connectivity index (χ3v) is 5.19. The van der Waals surface area contributed by atoms with Crippen LogP contribution in [0, 0.1) is 5.92 Å². The smallest absolute Gasteiger partial charge is 0.341 e. The molecule has 0 atom stereocenters. The van der Waals surface area contributed by atoms with E-state index in [4.69, 9.17) is 4.74 Å². The van der Waals surface area contributed by atoms with Gasteiger partial charge < -0.3 is 9.64 Å². The fraction of sp³-hybridized carbons (Fsp3) is 0.684. The number of rotatable bonds is 5. The minimum absolute atomic E-state index is 0.273. The second-order valence-electron chi connectivity index (χ2n) is 6.89. The van der Waals surface area contributed by atoms with Gasteiger partial charge in [0.15, 0.2) is 0 Å². The zero-order valence-electron chi connectivity index (χ0n) is 14.7. The number of hydrogen-bond donors (Lipinski definition) is 0. The van der Waals surface area contributed by atoms with Crippen LogP contribution in [0.5, 0.6) is 0 Å². The molecule has 3 rings (SSSR count). The van der Waals surface area contributed by atoms with Crippen LogP contribution in [0.3, 0.4) is 0 Å². The van der Waals surface area contributed by atoms with E-state index in [1.54, 1.807) is 12.3 Å². The molecule has 1 aromatic rings. The van der Waals surface area contributed by atoms with E-state index in [0.717, 1.165) is 37.9 Å². The van der Waals surface area contributed by atoms with Crippen LogP contribution in [-0.2, 0) is 4.74 Å². The van der Waals surface area contributed by atoms with Gasteiger partial charge in [0, 0.05) is 38.9 Å². The number of ether oxygens (including phenoxy) is 1. The first-order valence-electron chi connectivity index (χ1n) is 9.37.